The van der Waals surface area contributed by atoms with Crippen LogP contribution in [0.1, 0.15) is 18.1 Å². The molecule has 0 fully saturated rings. The number of guanidine groups is 1. The van der Waals surface area contributed by atoms with Crippen molar-refractivity contribution in [2.24, 2.45) is 4.99 Å². The van der Waals surface area contributed by atoms with Crippen LogP contribution in [0.15, 0.2) is 72.2 Å². The minimum Gasteiger partial charge on any atom is -0.489 e. The molecule has 0 bridgehead atoms. The van der Waals surface area contributed by atoms with Crippen molar-refractivity contribution >= 4 is 11.9 Å². The van der Waals surface area contributed by atoms with Crippen molar-refractivity contribution in [3.63, 3.8) is 0 Å². The van der Waals surface area contributed by atoms with Crippen LogP contribution in [0.3, 0.4) is 0 Å². The maximum atomic E-state index is 12.1. The lowest BCUT2D eigenvalue weighted by Gasteiger charge is -2.13. The minimum atomic E-state index is -0.0683. The molecule has 29 heavy (non-hydrogen) atoms. The molecule has 0 atom stereocenters. The highest BCUT2D eigenvalue weighted by Crippen LogP contribution is 2.18. The highest BCUT2D eigenvalue weighted by molar-refractivity contribution is 5.86. The van der Waals surface area contributed by atoms with Gasteiger partial charge in [0.1, 0.15) is 12.4 Å². The predicted molar refractivity (Wildman–Crippen MR) is 118 cm³/mol. The third-order valence-electron chi connectivity index (χ3n) is 4.08. The molecule has 0 spiro atoms. The van der Waals surface area contributed by atoms with Gasteiger partial charge in [0.05, 0.1) is 13.1 Å². The van der Waals surface area contributed by atoms with Crippen molar-refractivity contribution in [3.8, 4) is 5.75 Å². The SMILES string of the molecule is C=CCOc1ccccc1CN=C(NCC)NCC(=O)NCCc1ccccc1. The molecule has 0 saturated carbocycles. The molecular formula is C23H30N4O2. The number of benzene rings is 2. The van der Waals surface area contributed by atoms with E-state index in [1.807, 2.05) is 49.4 Å². The first-order valence-electron chi connectivity index (χ1n) is 9.87. The average molecular weight is 395 g/mol. The summed E-state index contributed by atoms with van der Waals surface area (Å²) in [7, 11) is 0. The largest absolute Gasteiger partial charge is 0.489 e. The van der Waals surface area contributed by atoms with E-state index in [1.54, 1.807) is 6.08 Å². The highest BCUT2D eigenvalue weighted by Gasteiger charge is 2.05. The topological polar surface area (TPSA) is 74.8 Å². The molecule has 6 nitrogen and oxygen atoms in total. The van der Waals surface area contributed by atoms with Crippen LogP contribution >= 0.6 is 0 Å². The van der Waals surface area contributed by atoms with E-state index >= 15 is 0 Å². The summed E-state index contributed by atoms with van der Waals surface area (Å²) in [6.07, 6.45) is 2.52. The first-order chi connectivity index (χ1) is 14.2. The van der Waals surface area contributed by atoms with Crippen molar-refractivity contribution < 1.29 is 9.53 Å². The number of nitrogens with zero attached hydrogens (tertiary/aromatic N) is 1. The van der Waals surface area contributed by atoms with E-state index in [-0.39, 0.29) is 12.5 Å². The number of carbonyl (C=O) groups is 1. The third kappa shape index (κ3) is 8.51. The number of hydrogen-bond acceptors (Lipinski definition) is 3. The normalized spacial score (nSPS) is 10.9. The number of ether oxygens (including phenoxy) is 1. The minimum absolute atomic E-state index is 0.0683. The van der Waals surface area contributed by atoms with Crippen LogP contribution in [-0.4, -0.2) is 38.1 Å². The summed E-state index contributed by atoms with van der Waals surface area (Å²) in [6, 6.07) is 17.8. The fourth-order valence-corrected chi connectivity index (χ4v) is 2.65. The zero-order chi connectivity index (χ0) is 20.7. The molecule has 1 amide bonds. The van der Waals surface area contributed by atoms with Crippen molar-refractivity contribution in [3.05, 3.63) is 78.4 Å². The lowest BCUT2D eigenvalue weighted by Crippen LogP contribution is -2.43. The Kier molecular flexibility index (Phi) is 9.86. The molecule has 0 heterocycles. The lowest BCUT2D eigenvalue weighted by molar-refractivity contribution is -0.119. The number of hydrogen-bond donors (Lipinski definition) is 3. The van der Waals surface area contributed by atoms with E-state index in [2.05, 4.69) is 39.7 Å². The molecule has 0 aliphatic carbocycles. The van der Waals surface area contributed by atoms with Gasteiger partial charge in [-0.05, 0) is 25.0 Å². The van der Waals surface area contributed by atoms with E-state index in [1.165, 1.54) is 5.56 Å². The molecule has 0 aliphatic rings. The Morgan fingerprint density at radius 3 is 2.59 bits per heavy atom. The summed E-state index contributed by atoms with van der Waals surface area (Å²) in [6.45, 7) is 8.02. The van der Waals surface area contributed by atoms with E-state index in [0.717, 1.165) is 17.7 Å². The van der Waals surface area contributed by atoms with Crippen LogP contribution in [0.25, 0.3) is 0 Å². The zero-order valence-electron chi connectivity index (χ0n) is 17.0. The average Bonchev–Trinajstić information content (AvgIpc) is 2.75. The van der Waals surface area contributed by atoms with Gasteiger partial charge in [0, 0.05) is 18.7 Å². The molecule has 0 aliphatic heterocycles. The monoisotopic (exact) mass is 394 g/mol. The van der Waals surface area contributed by atoms with Gasteiger partial charge in [0.2, 0.25) is 5.91 Å². The third-order valence-corrected chi connectivity index (χ3v) is 4.08. The molecule has 0 radical (unpaired) electrons. The second kappa shape index (κ2) is 13.0. The maximum absolute atomic E-state index is 12.1. The number of rotatable bonds is 11. The smallest absolute Gasteiger partial charge is 0.239 e. The second-order valence-corrected chi connectivity index (χ2v) is 6.34. The van der Waals surface area contributed by atoms with Gasteiger partial charge in [-0.15, -0.1) is 0 Å². The molecule has 3 N–H and O–H groups in total. The Labute approximate surface area is 173 Å². The fraction of sp³-hybridized carbons (Fsp3) is 0.304. The number of amides is 1. The van der Waals surface area contributed by atoms with Gasteiger partial charge in [-0.1, -0.05) is 61.2 Å². The van der Waals surface area contributed by atoms with Crippen molar-refractivity contribution in [1.29, 1.82) is 0 Å². The van der Waals surface area contributed by atoms with Crippen LogP contribution in [0.4, 0.5) is 0 Å². The first-order valence-corrected chi connectivity index (χ1v) is 9.87. The molecule has 0 aromatic heterocycles. The van der Waals surface area contributed by atoms with Gasteiger partial charge in [-0.2, -0.15) is 0 Å². The molecule has 2 aromatic carbocycles. The van der Waals surface area contributed by atoms with E-state index < -0.39 is 0 Å². The summed E-state index contributed by atoms with van der Waals surface area (Å²) in [5.41, 5.74) is 2.17. The molecule has 6 heteroatoms. The van der Waals surface area contributed by atoms with Crippen LogP contribution < -0.4 is 20.7 Å². The fourth-order valence-electron chi connectivity index (χ4n) is 2.65. The molecule has 2 rings (SSSR count). The Balaban J connectivity index is 1.82. The molecule has 0 unspecified atom stereocenters. The Morgan fingerprint density at radius 2 is 1.83 bits per heavy atom. The first kappa shape index (κ1) is 22.0. The van der Waals surface area contributed by atoms with Crippen molar-refractivity contribution in [2.75, 3.05) is 26.2 Å². The van der Waals surface area contributed by atoms with Gasteiger partial charge in [-0.3, -0.25) is 4.79 Å². The van der Waals surface area contributed by atoms with Crippen LogP contribution in [0.2, 0.25) is 0 Å². The summed E-state index contributed by atoms with van der Waals surface area (Å²) >= 11 is 0. The summed E-state index contributed by atoms with van der Waals surface area (Å²) in [5, 5.41) is 9.15. The number of aliphatic imine (C=N–C) groups is 1. The van der Waals surface area contributed by atoms with Gasteiger partial charge >= 0.3 is 0 Å². The van der Waals surface area contributed by atoms with Gasteiger partial charge < -0.3 is 20.7 Å². The molecular weight excluding hydrogens is 364 g/mol. The van der Waals surface area contributed by atoms with Crippen LogP contribution in [0, 0.1) is 0 Å². The van der Waals surface area contributed by atoms with Crippen molar-refractivity contribution in [1.82, 2.24) is 16.0 Å². The van der Waals surface area contributed by atoms with Crippen molar-refractivity contribution in [2.45, 2.75) is 19.9 Å². The summed E-state index contributed by atoms with van der Waals surface area (Å²) in [5.74, 6) is 1.30. The summed E-state index contributed by atoms with van der Waals surface area (Å²) < 4.78 is 5.67. The van der Waals surface area contributed by atoms with Crippen LogP contribution in [-0.2, 0) is 17.8 Å². The predicted octanol–water partition coefficient (Wildman–Crippen LogP) is 2.67. The summed E-state index contributed by atoms with van der Waals surface area (Å²) in [4.78, 5) is 16.7. The van der Waals surface area contributed by atoms with Gasteiger partial charge in [-0.25, -0.2) is 4.99 Å². The number of carbonyl (C=O) groups excluding carboxylic acids is 1. The highest BCUT2D eigenvalue weighted by atomic mass is 16.5. The number of para-hydroxylation sites is 1. The van der Waals surface area contributed by atoms with E-state index in [0.29, 0.717) is 32.2 Å². The van der Waals surface area contributed by atoms with Crippen LogP contribution in [0.5, 0.6) is 5.75 Å². The quantitative estimate of drug-likeness (QED) is 0.311. The Bertz CT molecular complexity index is 790. The zero-order valence-corrected chi connectivity index (χ0v) is 17.0. The van der Waals surface area contributed by atoms with E-state index in [4.69, 9.17) is 4.74 Å². The second-order valence-electron chi connectivity index (χ2n) is 6.34. The molecule has 154 valence electrons. The Hall–Kier alpha value is -3.28. The molecule has 0 saturated heterocycles. The van der Waals surface area contributed by atoms with E-state index in [9.17, 15) is 4.79 Å². The lowest BCUT2D eigenvalue weighted by atomic mass is 10.1. The van der Waals surface area contributed by atoms with Gasteiger partial charge in [0.15, 0.2) is 5.96 Å². The Morgan fingerprint density at radius 1 is 1.07 bits per heavy atom. The molecule has 2 aromatic rings. The standard InChI is InChI=1S/C23H30N4O2/c1-3-16-29-21-13-9-8-12-20(21)17-26-23(24-4-2)27-18-22(28)25-15-14-19-10-6-5-7-11-19/h3,5-13H,1,4,14-18H2,2H3,(H,25,28)(H2,24,26,27). The number of nitrogens with one attached hydrogen (secondary N) is 3. The maximum Gasteiger partial charge on any atom is 0.239 e. The van der Waals surface area contributed by atoms with Gasteiger partial charge in [0.25, 0.3) is 0 Å².